The molecule has 108 valence electrons. The van der Waals surface area contributed by atoms with Crippen LogP contribution in [0.15, 0.2) is 22.7 Å². The van der Waals surface area contributed by atoms with Gasteiger partial charge in [-0.05, 0) is 30.4 Å². The molecule has 2 aromatic rings. The van der Waals surface area contributed by atoms with Crippen LogP contribution in [0.1, 0.15) is 0 Å². The minimum absolute atomic E-state index is 0.0996. The van der Waals surface area contributed by atoms with Crippen LogP contribution in [0.25, 0.3) is 11.0 Å². The minimum atomic E-state index is -0.830. The summed E-state index contributed by atoms with van der Waals surface area (Å²) in [6.45, 7) is 0.334. The number of carbonyl (C=O) groups excluding carboxylic acids is 1. The summed E-state index contributed by atoms with van der Waals surface area (Å²) >= 11 is 5.91. The molecule has 8 heteroatoms. The molecular formula is C12H14ClN3O4. The van der Waals surface area contributed by atoms with Crippen molar-refractivity contribution in [3.63, 3.8) is 0 Å². The molecule has 0 aliphatic rings. The predicted molar refractivity (Wildman–Crippen MR) is 72.9 cm³/mol. The monoisotopic (exact) mass is 299 g/mol. The lowest BCUT2D eigenvalue weighted by Crippen LogP contribution is -2.37. The van der Waals surface area contributed by atoms with E-state index < -0.39 is 6.09 Å². The molecule has 3 N–H and O–H groups in total. The van der Waals surface area contributed by atoms with Crippen LogP contribution < -0.4 is 15.8 Å². The number of carbonyl (C=O) groups is 1. The smallest absolute Gasteiger partial charge is 0.404 e. The highest BCUT2D eigenvalue weighted by Gasteiger charge is 2.14. The Morgan fingerprint density at radius 1 is 1.55 bits per heavy atom. The van der Waals surface area contributed by atoms with Gasteiger partial charge in [-0.1, -0.05) is 11.6 Å². The number of aromatic nitrogens is 1. The molecule has 0 bridgehead atoms. The number of nitrogens with one attached hydrogen (secondary N) is 1. The fourth-order valence-electron chi connectivity index (χ4n) is 1.57. The molecule has 2 rings (SSSR count). The van der Waals surface area contributed by atoms with Crippen molar-refractivity contribution in [2.45, 2.75) is 6.04 Å². The molecule has 0 spiro atoms. The number of halogens is 1. The van der Waals surface area contributed by atoms with Gasteiger partial charge in [-0.15, -0.1) is 0 Å². The number of rotatable bonds is 6. The lowest BCUT2D eigenvalue weighted by molar-refractivity contribution is 0.129. The van der Waals surface area contributed by atoms with E-state index in [1.54, 1.807) is 25.2 Å². The number of fused-ring (bicyclic) bond motifs is 1. The Morgan fingerprint density at radius 3 is 3.05 bits per heavy atom. The van der Waals surface area contributed by atoms with Crippen molar-refractivity contribution in [2.24, 2.45) is 5.73 Å². The summed E-state index contributed by atoms with van der Waals surface area (Å²) in [5, 5.41) is 8.01. The first-order chi connectivity index (χ1) is 9.60. The number of nitrogens with zero attached hydrogens (tertiary/aromatic N) is 1. The molecule has 0 fully saturated rings. The van der Waals surface area contributed by atoms with Crippen LogP contribution in [-0.2, 0) is 4.74 Å². The van der Waals surface area contributed by atoms with Gasteiger partial charge in [0.15, 0.2) is 5.58 Å². The number of hydrogen-bond acceptors (Lipinski definition) is 6. The highest BCUT2D eigenvalue weighted by molar-refractivity contribution is 6.31. The van der Waals surface area contributed by atoms with Crippen LogP contribution in [0.3, 0.4) is 0 Å². The Kier molecular flexibility index (Phi) is 4.65. The van der Waals surface area contributed by atoms with Gasteiger partial charge in [0.1, 0.15) is 13.2 Å². The average molecular weight is 300 g/mol. The summed E-state index contributed by atoms with van der Waals surface area (Å²) < 4.78 is 15.4. The zero-order valence-corrected chi connectivity index (χ0v) is 11.5. The molecule has 0 saturated carbocycles. The van der Waals surface area contributed by atoms with Gasteiger partial charge >= 0.3 is 6.09 Å². The van der Waals surface area contributed by atoms with Crippen molar-refractivity contribution in [3.05, 3.63) is 23.2 Å². The second-order valence-corrected chi connectivity index (χ2v) is 4.49. The third kappa shape index (κ3) is 3.52. The van der Waals surface area contributed by atoms with E-state index in [0.29, 0.717) is 21.9 Å². The number of nitrogens with two attached hydrogens (primary N) is 1. The first-order valence-corrected chi connectivity index (χ1v) is 6.25. The maximum atomic E-state index is 10.6. The Balaban J connectivity index is 2.00. The largest absolute Gasteiger partial charge is 0.473 e. The van der Waals surface area contributed by atoms with Gasteiger partial charge in [-0.2, -0.15) is 0 Å². The standard InChI is InChI=1S/C12H14ClN3O4/c1-15-8(6-19-12(14)17)5-18-11-9-4-7(13)2-3-10(9)20-16-11/h2-4,8,15H,5-6H2,1H3,(H2,14,17). The third-order valence-corrected chi connectivity index (χ3v) is 2.89. The molecule has 1 heterocycles. The average Bonchev–Trinajstić information content (AvgIpc) is 2.81. The second kappa shape index (κ2) is 6.44. The maximum absolute atomic E-state index is 10.6. The molecule has 7 nitrogen and oxygen atoms in total. The van der Waals surface area contributed by atoms with Crippen LogP contribution in [0.4, 0.5) is 4.79 Å². The second-order valence-electron chi connectivity index (χ2n) is 4.05. The van der Waals surface area contributed by atoms with Crippen LogP contribution in [0.2, 0.25) is 5.02 Å². The predicted octanol–water partition coefficient (Wildman–Crippen LogP) is 1.54. The molecular weight excluding hydrogens is 286 g/mol. The first kappa shape index (κ1) is 14.4. The minimum Gasteiger partial charge on any atom is -0.473 e. The molecule has 20 heavy (non-hydrogen) atoms. The van der Waals surface area contributed by atoms with Crippen LogP contribution in [-0.4, -0.2) is 37.6 Å². The number of amides is 1. The molecule has 0 saturated heterocycles. The Morgan fingerprint density at radius 2 is 2.35 bits per heavy atom. The van der Waals surface area contributed by atoms with Gasteiger partial charge in [0.2, 0.25) is 0 Å². The summed E-state index contributed by atoms with van der Waals surface area (Å²) in [5.41, 5.74) is 5.49. The number of likely N-dealkylation sites (N-methyl/N-ethyl adjacent to an activating group) is 1. The van der Waals surface area contributed by atoms with E-state index in [4.69, 9.17) is 31.3 Å². The number of ether oxygens (including phenoxy) is 2. The maximum Gasteiger partial charge on any atom is 0.404 e. The summed E-state index contributed by atoms with van der Waals surface area (Å²) in [6, 6.07) is 4.91. The molecule has 1 aromatic heterocycles. The molecule has 0 radical (unpaired) electrons. The quantitative estimate of drug-likeness (QED) is 0.839. The van der Waals surface area contributed by atoms with E-state index in [9.17, 15) is 4.79 Å². The van der Waals surface area contributed by atoms with Crippen LogP contribution in [0.5, 0.6) is 5.88 Å². The van der Waals surface area contributed by atoms with Crippen molar-refractivity contribution >= 4 is 28.7 Å². The molecule has 1 amide bonds. The highest BCUT2D eigenvalue weighted by Crippen LogP contribution is 2.27. The number of primary amides is 1. The fourth-order valence-corrected chi connectivity index (χ4v) is 1.74. The SMILES string of the molecule is CNC(COC(N)=O)COc1noc2ccc(Cl)cc12. The van der Waals surface area contributed by atoms with Crippen molar-refractivity contribution in [2.75, 3.05) is 20.3 Å². The van der Waals surface area contributed by atoms with Gasteiger partial charge < -0.3 is 25.0 Å². The van der Waals surface area contributed by atoms with Gasteiger partial charge in [-0.25, -0.2) is 4.79 Å². The summed E-state index contributed by atoms with van der Waals surface area (Å²) in [6.07, 6.45) is -0.830. The van der Waals surface area contributed by atoms with Gasteiger partial charge in [0, 0.05) is 5.02 Å². The van der Waals surface area contributed by atoms with Crippen molar-refractivity contribution < 1.29 is 18.8 Å². The van der Waals surface area contributed by atoms with Crippen molar-refractivity contribution in [1.29, 1.82) is 0 Å². The van der Waals surface area contributed by atoms with E-state index in [1.807, 2.05) is 0 Å². The van der Waals surface area contributed by atoms with E-state index in [1.165, 1.54) is 0 Å². The summed E-state index contributed by atoms with van der Waals surface area (Å²) in [7, 11) is 1.72. The Labute approximate surface area is 119 Å². The number of benzene rings is 1. The molecule has 1 unspecified atom stereocenters. The topological polar surface area (TPSA) is 99.6 Å². The third-order valence-electron chi connectivity index (χ3n) is 2.66. The Hall–Kier alpha value is -1.99. The normalized spacial score (nSPS) is 12.3. The fraction of sp³-hybridized carbons (Fsp3) is 0.333. The van der Waals surface area contributed by atoms with E-state index in [0.717, 1.165) is 0 Å². The zero-order chi connectivity index (χ0) is 14.5. The van der Waals surface area contributed by atoms with E-state index >= 15 is 0 Å². The lowest BCUT2D eigenvalue weighted by atomic mass is 10.2. The number of hydrogen-bond donors (Lipinski definition) is 2. The van der Waals surface area contributed by atoms with Gasteiger partial charge in [-0.3, -0.25) is 0 Å². The summed E-state index contributed by atoms with van der Waals surface area (Å²) in [4.78, 5) is 10.6. The van der Waals surface area contributed by atoms with E-state index in [-0.39, 0.29) is 19.3 Å². The summed E-state index contributed by atoms with van der Waals surface area (Å²) in [5.74, 6) is 0.335. The highest BCUT2D eigenvalue weighted by atomic mass is 35.5. The van der Waals surface area contributed by atoms with Gasteiger partial charge in [0.25, 0.3) is 5.88 Å². The zero-order valence-electron chi connectivity index (χ0n) is 10.8. The molecule has 0 aliphatic carbocycles. The molecule has 1 aromatic carbocycles. The molecule has 0 aliphatic heterocycles. The van der Waals surface area contributed by atoms with Crippen molar-refractivity contribution in [1.82, 2.24) is 10.5 Å². The van der Waals surface area contributed by atoms with E-state index in [2.05, 4.69) is 10.5 Å². The van der Waals surface area contributed by atoms with Gasteiger partial charge in [0.05, 0.1) is 11.4 Å². The van der Waals surface area contributed by atoms with Crippen molar-refractivity contribution in [3.8, 4) is 5.88 Å². The van der Waals surface area contributed by atoms with Crippen LogP contribution in [0, 0.1) is 0 Å². The van der Waals surface area contributed by atoms with Crippen LogP contribution >= 0.6 is 11.6 Å². The lowest BCUT2D eigenvalue weighted by Gasteiger charge is -2.15. The first-order valence-electron chi connectivity index (χ1n) is 5.87. The molecule has 1 atom stereocenters. The Bertz CT molecular complexity index is 601.